The summed E-state index contributed by atoms with van der Waals surface area (Å²) in [6, 6.07) is 5.13. The molecule has 0 aliphatic carbocycles. The van der Waals surface area contributed by atoms with Gasteiger partial charge in [-0.15, -0.1) is 5.10 Å². The molecule has 1 aromatic heterocycles. The lowest BCUT2D eigenvalue weighted by Crippen LogP contribution is -2.01. The number of carbonyl (C=O) groups is 1. The van der Waals surface area contributed by atoms with Crippen LogP contribution in [-0.4, -0.2) is 45.5 Å². The first-order chi connectivity index (χ1) is 9.65. The number of nitrogens with zero attached hydrogens (tertiary/aromatic N) is 4. The summed E-state index contributed by atoms with van der Waals surface area (Å²) in [6.07, 6.45) is 2.27. The van der Waals surface area contributed by atoms with Gasteiger partial charge >= 0.3 is 5.97 Å². The Morgan fingerprint density at radius 1 is 1.30 bits per heavy atom. The van der Waals surface area contributed by atoms with Crippen LogP contribution in [0.1, 0.15) is 5.82 Å². The molecule has 0 atom stereocenters. The maximum atomic E-state index is 10.5. The van der Waals surface area contributed by atoms with Crippen LogP contribution < -0.4 is 9.47 Å². The number of rotatable bonds is 5. The third-order valence-corrected chi connectivity index (χ3v) is 2.48. The van der Waals surface area contributed by atoms with E-state index in [-0.39, 0.29) is 0 Å². The number of hydrogen-bond acceptors (Lipinski definition) is 6. The Morgan fingerprint density at radius 3 is 2.70 bits per heavy atom. The third-order valence-electron chi connectivity index (χ3n) is 2.48. The van der Waals surface area contributed by atoms with Gasteiger partial charge in [0.2, 0.25) is 0 Å². The van der Waals surface area contributed by atoms with E-state index < -0.39 is 5.97 Å². The van der Waals surface area contributed by atoms with Crippen molar-refractivity contribution in [2.75, 3.05) is 14.2 Å². The number of carboxylic acid groups (broad SMARTS) is 1. The van der Waals surface area contributed by atoms with Gasteiger partial charge in [0.1, 0.15) is 0 Å². The zero-order chi connectivity index (χ0) is 14.5. The molecule has 0 aliphatic rings. The molecule has 0 bridgehead atoms. The molecule has 1 N–H and O–H groups in total. The summed E-state index contributed by atoms with van der Waals surface area (Å²) in [5, 5.41) is 19.7. The van der Waals surface area contributed by atoms with E-state index in [0.29, 0.717) is 23.0 Å². The molecule has 0 fully saturated rings. The lowest BCUT2D eigenvalue weighted by molar-refractivity contribution is -0.131. The average molecular weight is 276 g/mol. The normalized spacial score (nSPS) is 10.7. The van der Waals surface area contributed by atoms with Crippen LogP contribution in [0.5, 0.6) is 11.5 Å². The lowest BCUT2D eigenvalue weighted by atomic mass is 10.2. The molecule has 1 aromatic carbocycles. The Labute approximate surface area is 114 Å². The van der Waals surface area contributed by atoms with E-state index in [4.69, 9.17) is 14.6 Å². The molecule has 8 nitrogen and oxygen atoms in total. The predicted octanol–water partition coefficient (Wildman–Crippen LogP) is 0.777. The van der Waals surface area contributed by atoms with Crippen molar-refractivity contribution >= 4 is 12.0 Å². The quantitative estimate of drug-likeness (QED) is 0.805. The van der Waals surface area contributed by atoms with Gasteiger partial charge in [-0.2, -0.15) is 4.68 Å². The Bertz CT molecular complexity index is 651. The highest BCUT2D eigenvalue weighted by atomic mass is 16.5. The van der Waals surface area contributed by atoms with Crippen molar-refractivity contribution in [1.82, 2.24) is 20.2 Å². The molecule has 0 amide bonds. The number of methoxy groups -OCH3 is 2. The first-order valence-corrected chi connectivity index (χ1v) is 5.57. The Morgan fingerprint density at radius 2 is 2.05 bits per heavy atom. The highest BCUT2D eigenvalue weighted by molar-refractivity contribution is 5.84. The molecule has 2 rings (SSSR count). The minimum absolute atomic E-state index is 0.291. The van der Waals surface area contributed by atoms with Crippen LogP contribution >= 0.6 is 0 Å². The number of aliphatic carboxylic acids is 1. The molecule has 0 radical (unpaired) electrons. The molecular weight excluding hydrogens is 264 g/mol. The maximum Gasteiger partial charge on any atom is 0.328 e. The molecule has 104 valence electrons. The number of aromatic nitrogens is 4. The highest BCUT2D eigenvalue weighted by Gasteiger charge is 2.10. The van der Waals surface area contributed by atoms with Gasteiger partial charge in [0.05, 0.1) is 19.9 Å². The summed E-state index contributed by atoms with van der Waals surface area (Å²) in [5.41, 5.74) is 0.623. The summed E-state index contributed by atoms with van der Waals surface area (Å²) >= 11 is 0. The molecule has 0 aliphatic heterocycles. The van der Waals surface area contributed by atoms with Crippen molar-refractivity contribution in [2.24, 2.45) is 0 Å². The fourth-order valence-corrected chi connectivity index (χ4v) is 1.58. The van der Waals surface area contributed by atoms with Crippen molar-refractivity contribution < 1.29 is 19.4 Å². The Kier molecular flexibility index (Phi) is 3.94. The zero-order valence-electron chi connectivity index (χ0n) is 10.8. The van der Waals surface area contributed by atoms with Crippen LogP contribution in [0.15, 0.2) is 24.3 Å². The molecule has 0 saturated heterocycles. The summed E-state index contributed by atoms with van der Waals surface area (Å²) < 4.78 is 11.7. The standard InChI is InChI=1S/C12H12N4O4/c1-19-9-4-3-8(7-10(9)20-2)16-11(13-14-15-16)5-6-12(17)18/h3-7H,1-2H3,(H,17,18)/b6-5+. The first kappa shape index (κ1) is 13.5. The first-order valence-electron chi connectivity index (χ1n) is 5.57. The van der Waals surface area contributed by atoms with Crippen LogP contribution in [0.25, 0.3) is 11.8 Å². The van der Waals surface area contributed by atoms with E-state index in [0.717, 1.165) is 6.08 Å². The van der Waals surface area contributed by atoms with Gasteiger partial charge < -0.3 is 14.6 Å². The van der Waals surface area contributed by atoms with Gasteiger partial charge in [-0.3, -0.25) is 0 Å². The highest BCUT2D eigenvalue weighted by Crippen LogP contribution is 2.29. The van der Waals surface area contributed by atoms with Crippen LogP contribution in [0.2, 0.25) is 0 Å². The van der Waals surface area contributed by atoms with Crippen molar-refractivity contribution in [3.05, 3.63) is 30.1 Å². The van der Waals surface area contributed by atoms with Crippen LogP contribution in [0.3, 0.4) is 0 Å². The molecule has 2 aromatic rings. The van der Waals surface area contributed by atoms with Gasteiger partial charge in [-0.25, -0.2) is 4.79 Å². The number of carboxylic acids is 1. The summed E-state index contributed by atoms with van der Waals surface area (Å²) in [5.74, 6) is 0.312. The number of tetrazole rings is 1. The minimum atomic E-state index is -1.08. The summed E-state index contributed by atoms with van der Waals surface area (Å²) in [7, 11) is 3.06. The maximum absolute atomic E-state index is 10.5. The third kappa shape index (κ3) is 2.74. The molecular formula is C12H12N4O4. The van der Waals surface area contributed by atoms with Gasteiger partial charge in [0.25, 0.3) is 0 Å². The van der Waals surface area contributed by atoms with E-state index >= 15 is 0 Å². The second-order valence-corrected chi connectivity index (χ2v) is 3.66. The molecule has 0 spiro atoms. The average Bonchev–Trinajstić information content (AvgIpc) is 2.92. The molecule has 20 heavy (non-hydrogen) atoms. The SMILES string of the molecule is COc1ccc(-n2nnnc2/C=C/C(=O)O)cc1OC. The topological polar surface area (TPSA) is 99.4 Å². The van der Waals surface area contributed by atoms with Gasteiger partial charge in [-0.1, -0.05) is 0 Å². The van der Waals surface area contributed by atoms with Crippen molar-refractivity contribution in [1.29, 1.82) is 0 Å². The fraction of sp³-hybridized carbons (Fsp3) is 0.167. The largest absolute Gasteiger partial charge is 0.493 e. The van der Waals surface area contributed by atoms with Gasteiger partial charge in [0.15, 0.2) is 17.3 Å². The molecule has 0 unspecified atom stereocenters. The minimum Gasteiger partial charge on any atom is -0.493 e. The Balaban J connectivity index is 2.42. The number of ether oxygens (including phenoxy) is 2. The lowest BCUT2D eigenvalue weighted by Gasteiger charge is -2.09. The van der Waals surface area contributed by atoms with E-state index in [1.54, 1.807) is 18.2 Å². The second kappa shape index (κ2) is 5.83. The van der Waals surface area contributed by atoms with E-state index in [1.807, 2.05) is 0 Å². The number of hydrogen-bond donors (Lipinski definition) is 1. The van der Waals surface area contributed by atoms with Crippen molar-refractivity contribution in [3.63, 3.8) is 0 Å². The summed E-state index contributed by atoms with van der Waals surface area (Å²) in [4.78, 5) is 10.5. The van der Waals surface area contributed by atoms with Crippen LogP contribution in [0.4, 0.5) is 0 Å². The molecule has 0 saturated carbocycles. The monoisotopic (exact) mass is 276 g/mol. The van der Waals surface area contributed by atoms with Crippen molar-refractivity contribution in [3.8, 4) is 17.2 Å². The number of benzene rings is 1. The van der Waals surface area contributed by atoms with Crippen LogP contribution in [0, 0.1) is 0 Å². The smallest absolute Gasteiger partial charge is 0.328 e. The summed E-state index contributed by atoms with van der Waals surface area (Å²) in [6.45, 7) is 0. The fourth-order valence-electron chi connectivity index (χ4n) is 1.58. The van der Waals surface area contributed by atoms with Gasteiger partial charge in [0, 0.05) is 12.1 Å². The Hall–Kier alpha value is -2.90. The van der Waals surface area contributed by atoms with E-state index in [2.05, 4.69) is 15.5 Å². The van der Waals surface area contributed by atoms with Crippen molar-refractivity contribution in [2.45, 2.75) is 0 Å². The second-order valence-electron chi connectivity index (χ2n) is 3.66. The van der Waals surface area contributed by atoms with Gasteiger partial charge in [-0.05, 0) is 28.6 Å². The van der Waals surface area contributed by atoms with E-state index in [1.165, 1.54) is 25.0 Å². The van der Waals surface area contributed by atoms with E-state index in [9.17, 15) is 4.79 Å². The zero-order valence-corrected chi connectivity index (χ0v) is 10.8. The van der Waals surface area contributed by atoms with Crippen LogP contribution in [-0.2, 0) is 4.79 Å². The predicted molar refractivity (Wildman–Crippen MR) is 68.9 cm³/mol. The molecule has 1 heterocycles. The molecule has 8 heteroatoms.